The second kappa shape index (κ2) is 8.47. The van der Waals surface area contributed by atoms with Crippen molar-refractivity contribution in [3.8, 4) is 0 Å². The van der Waals surface area contributed by atoms with Gasteiger partial charge in [-0.15, -0.1) is 0 Å². The molecular formula is C18H27N3O4S. The smallest absolute Gasteiger partial charge is 0.251 e. The second-order valence-electron chi connectivity index (χ2n) is 6.71. The van der Waals surface area contributed by atoms with Crippen LogP contribution in [0.1, 0.15) is 30.1 Å². The fourth-order valence-electron chi connectivity index (χ4n) is 3.33. The molecule has 0 aromatic heterocycles. The van der Waals surface area contributed by atoms with Crippen molar-refractivity contribution in [3.63, 3.8) is 0 Å². The average molecular weight is 381 g/mol. The molecule has 2 heterocycles. The number of carbonyl (C=O) groups excluding carboxylic acids is 1. The van der Waals surface area contributed by atoms with Gasteiger partial charge in [-0.1, -0.05) is 6.92 Å². The SMILES string of the molecule is CCN1CCN(S(=O)(=O)c2ccc(C(=O)NC[C@@H]3CCCO3)cc2)CC1. The van der Waals surface area contributed by atoms with Crippen LogP contribution in [0.15, 0.2) is 29.2 Å². The largest absolute Gasteiger partial charge is 0.376 e. The number of ether oxygens (including phenoxy) is 1. The van der Waals surface area contributed by atoms with Gasteiger partial charge in [0.05, 0.1) is 11.0 Å². The fraction of sp³-hybridized carbons (Fsp3) is 0.611. The predicted octanol–water partition coefficient (Wildman–Crippen LogP) is 0.922. The van der Waals surface area contributed by atoms with Crippen LogP contribution >= 0.6 is 0 Å². The lowest BCUT2D eigenvalue weighted by Crippen LogP contribution is -2.48. The van der Waals surface area contributed by atoms with Crippen molar-refractivity contribution < 1.29 is 17.9 Å². The Morgan fingerprint density at radius 1 is 1.19 bits per heavy atom. The van der Waals surface area contributed by atoms with Gasteiger partial charge in [0.25, 0.3) is 5.91 Å². The first-order valence-corrected chi connectivity index (χ1v) is 10.7. The summed E-state index contributed by atoms with van der Waals surface area (Å²) >= 11 is 0. The van der Waals surface area contributed by atoms with Gasteiger partial charge in [0, 0.05) is 44.9 Å². The Morgan fingerprint density at radius 2 is 1.88 bits per heavy atom. The number of piperazine rings is 1. The molecular weight excluding hydrogens is 354 g/mol. The molecule has 0 bridgehead atoms. The van der Waals surface area contributed by atoms with E-state index in [1.54, 1.807) is 12.1 Å². The van der Waals surface area contributed by atoms with Crippen molar-refractivity contribution in [3.05, 3.63) is 29.8 Å². The number of amides is 1. The molecule has 26 heavy (non-hydrogen) atoms. The fourth-order valence-corrected chi connectivity index (χ4v) is 4.75. The molecule has 2 aliphatic rings. The summed E-state index contributed by atoms with van der Waals surface area (Å²) in [6, 6.07) is 6.17. The Morgan fingerprint density at radius 3 is 2.46 bits per heavy atom. The zero-order valence-electron chi connectivity index (χ0n) is 15.2. The molecule has 2 fully saturated rings. The van der Waals surface area contributed by atoms with Gasteiger partial charge in [0.1, 0.15) is 0 Å². The Labute approximate surface area is 155 Å². The van der Waals surface area contributed by atoms with Crippen LogP contribution in [0, 0.1) is 0 Å². The number of likely N-dealkylation sites (N-methyl/N-ethyl adjacent to an activating group) is 1. The maximum Gasteiger partial charge on any atom is 0.251 e. The van der Waals surface area contributed by atoms with E-state index in [-0.39, 0.29) is 16.9 Å². The number of nitrogens with one attached hydrogen (secondary N) is 1. The number of sulfonamides is 1. The Hall–Kier alpha value is -1.48. The second-order valence-corrected chi connectivity index (χ2v) is 8.65. The number of hydrogen-bond donors (Lipinski definition) is 1. The highest BCUT2D eigenvalue weighted by Crippen LogP contribution is 2.18. The molecule has 2 aliphatic heterocycles. The number of hydrogen-bond acceptors (Lipinski definition) is 5. The van der Waals surface area contributed by atoms with E-state index in [0.717, 1.165) is 39.1 Å². The number of rotatable bonds is 6. The van der Waals surface area contributed by atoms with E-state index in [0.29, 0.717) is 25.2 Å². The summed E-state index contributed by atoms with van der Waals surface area (Å²) in [5.74, 6) is -0.207. The average Bonchev–Trinajstić information content (AvgIpc) is 3.20. The molecule has 144 valence electrons. The van der Waals surface area contributed by atoms with Gasteiger partial charge in [0.15, 0.2) is 0 Å². The van der Waals surface area contributed by atoms with Crippen LogP contribution in [0.2, 0.25) is 0 Å². The van der Waals surface area contributed by atoms with Crippen LogP contribution in [-0.2, 0) is 14.8 Å². The van der Waals surface area contributed by atoms with E-state index in [4.69, 9.17) is 4.74 Å². The molecule has 1 aromatic rings. The molecule has 1 atom stereocenters. The lowest BCUT2D eigenvalue weighted by atomic mass is 10.2. The van der Waals surface area contributed by atoms with Crippen LogP contribution in [0.25, 0.3) is 0 Å². The topological polar surface area (TPSA) is 79.0 Å². The quantitative estimate of drug-likeness (QED) is 0.793. The molecule has 8 heteroatoms. The van der Waals surface area contributed by atoms with Crippen LogP contribution < -0.4 is 5.32 Å². The van der Waals surface area contributed by atoms with Crippen molar-refractivity contribution in [1.82, 2.24) is 14.5 Å². The first-order valence-electron chi connectivity index (χ1n) is 9.23. The maximum absolute atomic E-state index is 12.8. The minimum absolute atomic E-state index is 0.0837. The first-order chi connectivity index (χ1) is 12.5. The molecule has 3 rings (SSSR count). The Kier molecular flexibility index (Phi) is 6.29. The van der Waals surface area contributed by atoms with Crippen molar-refractivity contribution in [1.29, 1.82) is 0 Å². The van der Waals surface area contributed by atoms with Crippen LogP contribution in [0.4, 0.5) is 0 Å². The molecule has 0 spiro atoms. The van der Waals surface area contributed by atoms with Gasteiger partial charge < -0.3 is 15.0 Å². The Bertz CT molecular complexity index is 706. The highest BCUT2D eigenvalue weighted by molar-refractivity contribution is 7.89. The van der Waals surface area contributed by atoms with Crippen LogP contribution in [0.5, 0.6) is 0 Å². The van der Waals surface area contributed by atoms with Crippen molar-refractivity contribution in [2.24, 2.45) is 0 Å². The predicted molar refractivity (Wildman–Crippen MR) is 98.6 cm³/mol. The summed E-state index contributed by atoms with van der Waals surface area (Å²) in [6.45, 7) is 6.75. The van der Waals surface area contributed by atoms with Gasteiger partial charge in [-0.25, -0.2) is 8.42 Å². The third-order valence-electron chi connectivity index (χ3n) is 5.05. The van der Waals surface area contributed by atoms with Crippen LogP contribution in [0.3, 0.4) is 0 Å². The van der Waals surface area contributed by atoms with E-state index in [2.05, 4.69) is 17.1 Å². The van der Waals surface area contributed by atoms with E-state index in [9.17, 15) is 13.2 Å². The van der Waals surface area contributed by atoms with E-state index in [1.165, 1.54) is 16.4 Å². The van der Waals surface area contributed by atoms with Gasteiger partial charge in [-0.2, -0.15) is 4.31 Å². The van der Waals surface area contributed by atoms with E-state index >= 15 is 0 Å². The third kappa shape index (κ3) is 4.43. The van der Waals surface area contributed by atoms with Gasteiger partial charge in [0.2, 0.25) is 10.0 Å². The van der Waals surface area contributed by atoms with Crippen molar-refractivity contribution in [2.75, 3.05) is 45.9 Å². The first kappa shape index (κ1) is 19.3. The Balaban J connectivity index is 1.60. The molecule has 0 radical (unpaired) electrons. The monoisotopic (exact) mass is 381 g/mol. The summed E-state index contributed by atoms with van der Waals surface area (Å²) in [4.78, 5) is 14.7. The molecule has 2 saturated heterocycles. The van der Waals surface area contributed by atoms with Crippen LogP contribution in [-0.4, -0.2) is 75.5 Å². The molecule has 1 amide bonds. The molecule has 0 saturated carbocycles. The zero-order chi connectivity index (χ0) is 18.6. The molecule has 1 aromatic carbocycles. The number of carbonyl (C=O) groups is 1. The van der Waals surface area contributed by atoms with Gasteiger partial charge >= 0.3 is 0 Å². The normalized spacial score (nSPS) is 22.4. The summed E-state index contributed by atoms with van der Waals surface area (Å²) < 4.78 is 32.5. The lowest BCUT2D eigenvalue weighted by Gasteiger charge is -2.33. The number of benzene rings is 1. The van der Waals surface area contributed by atoms with E-state index in [1.807, 2.05) is 0 Å². The number of nitrogens with zero attached hydrogens (tertiary/aromatic N) is 2. The summed E-state index contributed by atoms with van der Waals surface area (Å²) in [5.41, 5.74) is 0.456. The summed E-state index contributed by atoms with van der Waals surface area (Å²) in [5, 5.41) is 2.84. The highest BCUT2D eigenvalue weighted by atomic mass is 32.2. The summed E-state index contributed by atoms with van der Waals surface area (Å²) in [6.07, 6.45) is 2.07. The third-order valence-corrected chi connectivity index (χ3v) is 6.96. The molecule has 7 nitrogen and oxygen atoms in total. The standard InChI is InChI=1S/C18H27N3O4S/c1-2-20-9-11-21(12-10-20)26(23,24)17-7-5-15(6-8-17)18(22)19-14-16-4-3-13-25-16/h5-8,16H,2-4,9-14H2,1H3,(H,19,22)/t16-/m0/s1. The minimum Gasteiger partial charge on any atom is -0.376 e. The zero-order valence-corrected chi connectivity index (χ0v) is 16.0. The molecule has 0 aliphatic carbocycles. The van der Waals surface area contributed by atoms with E-state index < -0.39 is 10.0 Å². The van der Waals surface area contributed by atoms with Gasteiger partial charge in [-0.05, 0) is 43.7 Å². The van der Waals surface area contributed by atoms with Crippen molar-refractivity contribution >= 4 is 15.9 Å². The minimum atomic E-state index is -3.51. The van der Waals surface area contributed by atoms with Crippen molar-refractivity contribution in [2.45, 2.75) is 30.8 Å². The maximum atomic E-state index is 12.8. The lowest BCUT2D eigenvalue weighted by molar-refractivity contribution is 0.0857. The summed E-state index contributed by atoms with van der Waals surface area (Å²) in [7, 11) is -3.51. The molecule has 1 N–H and O–H groups in total. The van der Waals surface area contributed by atoms with Gasteiger partial charge in [-0.3, -0.25) is 4.79 Å². The highest BCUT2D eigenvalue weighted by Gasteiger charge is 2.28. The molecule has 0 unspecified atom stereocenters.